The number of carbonyl (C=O) groups is 1. The fourth-order valence-electron chi connectivity index (χ4n) is 1.94. The van der Waals surface area contributed by atoms with E-state index in [4.69, 9.17) is 16.3 Å². The van der Waals surface area contributed by atoms with Crippen LogP contribution in [0.5, 0.6) is 5.75 Å². The summed E-state index contributed by atoms with van der Waals surface area (Å²) in [6.45, 7) is 3.89. The van der Waals surface area contributed by atoms with E-state index < -0.39 is 10.5 Å². The first-order chi connectivity index (χ1) is 9.92. The third-order valence-electron chi connectivity index (χ3n) is 3.63. The lowest BCUT2D eigenvalue weighted by Crippen LogP contribution is -2.49. The molecule has 0 aliphatic heterocycles. The van der Waals surface area contributed by atoms with Gasteiger partial charge in [0.2, 0.25) is 0 Å². The molecule has 0 aliphatic rings. The standard InChI is InChI=1S/C14H19ClN2O4/c1-4-14(5-2,9-15)16-13(18)11-7-6-10(17(19)20)8-12(11)21-3/h6-8H,4-5,9H2,1-3H3,(H,16,18). The fourth-order valence-corrected chi connectivity index (χ4v) is 2.38. The van der Waals surface area contributed by atoms with Crippen LogP contribution in [0.4, 0.5) is 5.69 Å². The van der Waals surface area contributed by atoms with E-state index in [1.807, 2.05) is 13.8 Å². The van der Waals surface area contributed by atoms with Crippen molar-refractivity contribution in [3.8, 4) is 5.75 Å². The van der Waals surface area contributed by atoms with Gasteiger partial charge in [0.25, 0.3) is 11.6 Å². The zero-order valence-corrected chi connectivity index (χ0v) is 13.1. The molecule has 1 aromatic carbocycles. The molecule has 0 fully saturated rings. The Kier molecular flexibility index (Phi) is 5.96. The lowest BCUT2D eigenvalue weighted by atomic mass is 9.94. The van der Waals surface area contributed by atoms with Crippen LogP contribution in [0.1, 0.15) is 37.0 Å². The van der Waals surface area contributed by atoms with Crippen molar-refractivity contribution < 1.29 is 14.5 Å². The summed E-state index contributed by atoms with van der Waals surface area (Å²) in [5.74, 6) is 0.101. The van der Waals surface area contributed by atoms with Crippen molar-refractivity contribution in [2.45, 2.75) is 32.2 Å². The second kappa shape index (κ2) is 7.26. The molecule has 0 unspecified atom stereocenters. The Morgan fingerprint density at radius 2 is 2.05 bits per heavy atom. The molecule has 7 heteroatoms. The molecule has 1 amide bonds. The van der Waals surface area contributed by atoms with Gasteiger partial charge in [0.1, 0.15) is 5.75 Å². The smallest absolute Gasteiger partial charge is 0.273 e. The third-order valence-corrected chi connectivity index (χ3v) is 4.14. The first-order valence-electron chi connectivity index (χ1n) is 6.64. The zero-order chi connectivity index (χ0) is 16.0. The maximum Gasteiger partial charge on any atom is 0.273 e. The first-order valence-corrected chi connectivity index (χ1v) is 7.17. The van der Waals surface area contributed by atoms with Crippen LogP contribution in [0.25, 0.3) is 0 Å². The minimum atomic E-state index is -0.536. The third kappa shape index (κ3) is 3.85. The van der Waals surface area contributed by atoms with Crippen molar-refractivity contribution in [1.82, 2.24) is 5.32 Å². The SMILES string of the molecule is CCC(CC)(CCl)NC(=O)c1ccc([N+](=O)[O-])cc1OC. The molecule has 116 valence electrons. The summed E-state index contributed by atoms with van der Waals surface area (Å²) in [6, 6.07) is 3.89. The van der Waals surface area contributed by atoms with Crippen molar-refractivity contribution in [3.63, 3.8) is 0 Å². The topological polar surface area (TPSA) is 81.5 Å². The van der Waals surface area contributed by atoms with Crippen LogP contribution < -0.4 is 10.1 Å². The lowest BCUT2D eigenvalue weighted by molar-refractivity contribution is -0.384. The van der Waals surface area contributed by atoms with Gasteiger partial charge in [-0.2, -0.15) is 0 Å². The molecule has 0 spiro atoms. The van der Waals surface area contributed by atoms with Gasteiger partial charge in [0, 0.05) is 11.9 Å². The number of benzene rings is 1. The Balaban J connectivity index is 3.10. The number of amides is 1. The molecule has 0 bridgehead atoms. The molecule has 0 radical (unpaired) electrons. The van der Waals surface area contributed by atoms with E-state index in [9.17, 15) is 14.9 Å². The van der Waals surface area contributed by atoms with E-state index in [0.717, 1.165) is 0 Å². The lowest BCUT2D eigenvalue weighted by Gasteiger charge is -2.30. The van der Waals surface area contributed by atoms with Crippen molar-refractivity contribution in [3.05, 3.63) is 33.9 Å². The second-order valence-electron chi connectivity index (χ2n) is 4.72. The van der Waals surface area contributed by atoms with Gasteiger partial charge in [-0.25, -0.2) is 0 Å². The summed E-state index contributed by atoms with van der Waals surface area (Å²) in [5.41, 5.74) is -0.372. The van der Waals surface area contributed by atoms with E-state index in [0.29, 0.717) is 18.7 Å². The highest BCUT2D eigenvalue weighted by molar-refractivity contribution is 6.19. The monoisotopic (exact) mass is 314 g/mol. The normalized spacial score (nSPS) is 11.0. The molecule has 1 rings (SSSR count). The summed E-state index contributed by atoms with van der Waals surface area (Å²) < 4.78 is 5.07. The molecule has 1 N–H and O–H groups in total. The predicted molar refractivity (Wildman–Crippen MR) is 81.1 cm³/mol. The molecule has 0 saturated heterocycles. The largest absolute Gasteiger partial charge is 0.496 e. The van der Waals surface area contributed by atoms with Crippen molar-refractivity contribution in [1.29, 1.82) is 0 Å². The molecular formula is C14H19ClN2O4. The van der Waals surface area contributed by atoms with Crippen LogP contribution in [-0.4, -0.2) is 29.4 Å². The number of hydrogen-bond donors (Lipinski definition) is 1. The van der Waals surface area contributed by atoms with E-state index in [1.54, 1.807) is 0 Å². The number of rotatable bonds is 7. The fraction of sp³-hybridized carbons (Fsp3) is 0.500. The van der Waals surface area contributed by atoms with Gasteiger partial charge >= 0.3 is 0 Å². The molecule has 1 aromatic rings. The van der Waals surface area contributed by atoms with E-state index in [2.05, 4.69) is 5.32 Å². The highest BCUT2D eigenvalue weighted by Crippen LogP contribution is 2.26. The average molecular weight is 315 g/mol. The number of nitro benzene ring substituents is 1. The number of alkyl halides is 1. The van der Waals surface area contributed by atoms with Gasteiger partial charge in [-0.05, 0) is 18.9 Å². The van der Waals surface area contributed by atoms with Gasteiger partial charge in [-0.15, -0.1) is 11.6 Å². The quantitative estimate of drug-likeness (QED) is 0.476. The molecule has 6 nitrogen and oxygen atoms in total. The Morgan fingerprint density at radius 3 is 2.48 bits per heavy atom. The van der Waals surface area contributed by atoms with Crippen LogP contribution in [0.15, 0.2) is 18.2 Å². The van der Waals surface area contributed by atoms with Crippen molar-refractivity contribution >= 4 is 23.2 Å². The van der Waals surface area contributed by atoms with Crippen LogP contribution in [0.2, 0.25) is 0 Å². The number of nitro groups is 1. The summed E-state index contributed by atoms with van der Waals surface area (Å²) >= 11 is 5.96. The second-order valence-corrected chi connectivity index (χ2v) is 4.98. The van der Waals surface area contributed by atoms with Gasteiger partial charge in [-0.1, -0.05) is 13.8 Å². The first kappa shape index (κ1) is 17.2. The van der Waals surface area contributed by atoms with Gasteiger partial charge < -0.3 is 10.1 Å². The van der Waals surface area contributed by atoms with Crippen LogP contribution in [0, 0.1) is 10.1 Å². The number of non-ortho nitro benzene ring substituents is 1. The highest BCUT2D eigenvalue weighted by Gasteiger charge is 2.29. The summed E-state index contributed by atoms with van der Waals surface area (Å²) in [7, 11) is 1.37. The number of nitrogens with one attached hydrogen (secondary N) is 1. The van der Waals surface area contributed by atoms with Crippen molar-refractivity contribution in [2.24, 2.45) is 0 Å². The zero-order valence-electron chi connectivity index (χ0n) is 12.3. The molecule has 0 heterocycles. The summed E-state index contributed by atoms with van der Waals surface area (Å²) in [5, 5.41) is 13.6. The Labute approximate surface area is 128 Å². The van der Waals surface area contributed by atoms with E-state index in [1.165, 1.54) is 25.3 Å². The number of halogens is 1. The average Bonchev–Trinajstić information content (AvgIpc) is 2.51. The number of hydrogen-bond acceptors (Lipinski definition) is 4. The van der Waals surface area contributed by atoms with E-state index in [-0.39, 0.29) is 22.9 Å². The number of ether oxygens (including phenoxy) is 1. The van der Waals surface area contributed by atoms with Crippen molar-refractivity contribution in [2.75, 3.05) is 13.0 Å². The summed E-state index contributed by atoms with van der Waals surface area (Å²) in [6.07, 6.45) is 1.38. The molecule has 0 saturated carbocycles. The molecule has 0 aromatic heterocycles. The molecular weight excluding hydrogens is 296 g/mol. The summed E-state index contributed by atoms with van der Waals surface area (Å²) in [4.78, 5) is 22.6. The molecule has 0 aliphatic carbocycles. The number of methoxy groups -OCH3 is 1. The maximum atomic E-state index is 12.4. The van der Waals surface area contributed by atoms with Crippen LogP contribution in [0.3, 0.4) is 0 Å². The van der Waals surface area contributed by atoms with Crippen LogP contribution in [-0.2, 0) is 0 Å². The minimum Gasteiger partial charge on any atom is -0.496 e. The number of nitrogens with zero attached hydrogens (tertiary/aromatic N) is 1. The van der Waals surface area contributed by atoms with Gasteiger partial charge in [-0.3, -0.25) is 14.9 Å². The number of carbonyl (C=O) groups excluding carboxylic acids is 1. The van der Waals surface area contributed by atoms with Gasteiger partial charge in [0.05, 0.1) is 29.2 Å². The predicted octanol–water partition coefficient (Wildman–Crippen LogP) is 3.13. The highest BCUT2D eigenvalue weighted by atomic mass is 35.5. The van der Waals surface area contributed by atoms with E-state index >= 15 is 0 Å². The van der Waals surface area contributed by atoms with Crippen LogP contribution >= 0.6 is 11.6 Å². The Hall–Kier alpha value is -1.82. The maximum absolute atomic E-state index is 12.4. The molecule has 21 heavy (non-hydrogen) atoms. The Bertz CT molecular complexity index is 521. The van der Waals surface area contributed by atoms with Gasteiger partial charge in [0.15, 0.2) is 0 Å². The Morgan fingerprint density at radius 1 is 1.43 bits per heavy atom. The minimum absolute atomic E-state index is 0.127. The molecule has 0 atom stereocenters.